The summed E-state index contributed by atoms with van der Waals surface area (Å²) in [5.74, 6) is 1.31. The lowest BCUT2D eigenvalue weighted by Gasteiger charge is -2.35. The summed E-state index contributed by atoms with van der Waals surface area (Å²) in [6.07, 6.45) is 8.58. The standard InChI is InChI=1S/C16H30N2O2/c1-13(18-9-7-15(12-19)8-10-18)16(20)17-11-14-5-3-2-4-6-14/h13-15,19H,2-12H2,1H3,(H,17,20)/t13-/m0/s1. The number of hydrogen-bond donors (Lipinski definition) is 2. The van der Waals surface area contributed by atoms with Gasteiger partial charge in [0.05, 0.1) is 6.04 Å². The molecule has 0 spiro atoms. The van der Waals surface area contributed by atoms with E-state index in [1.807, 2.05) is 6.92 Å². The van der Waals surface area contributed by atoms with Gasteiger partial charge in [0.15, 0.2) is 0 Å². The lowest BCUT2D eigenvalue weighted by atomic mass is 9.89. The fourth-order valence-electron chi connectivity index (χ4n) is 3.47. The summed E-state index contributed by atoms with van der Waals surface area (Å²) in [7, 11) is 0. The van der Waals surface area contributed by atoms with Crippen molar-refractivity contribution in [3.63, 3.8) is 0 Å². The highest BCUT2D eigenvalue weighted by atomic mass is 16.3. The van der Waals surface area contributed by atoms with E-state index in [-0.39, 0.29) is 18.6 Å². The van der Waals surface area contributed by atoms with Gasteiger partial charge in [0.1, 0.15) is 0 Å². The molecule has 1 saturated heterocycles. The van der Waals surface area contributed by atoms with E-state index in [4.69, 9.17) is 5.11 Å². The molecule has 0 aromatic rings. The quantitative estimate of drug-likeness (QED) is 0.808. The van der Waals surface area contributed by atoms with Gasteiger partial charge < -0.3 is 10.4 Å². The van der Waals surface area contributed by atoms with Gasteiger partial charge in [0.2, 0.25) is 5.91 Å². The molecule has 4 nitrogen and oxygen atoms in total. The van der Waals surface area contributed by atoms with Crippen molar-refractivity contribution in [2.45, 2.75) is 57.9 Å². The zero-order valence-electron chi connectivity index (χ0n) is 12.8. The minimum Gasteiger partial charge on any atom is -0.396 e. The number of likely N-dealkylation sites (tertiary alicyclic amines) is 1. The van der Waals surface area contributed by atoms with Crippen LogP contribution in [0, 0.1) is 11.8 Å². The smallest absolute Gasteiger partial charge is 0.237 e. The Labute approximate surface area is 122 Å². The van der Waals surface area contributed by atoms with Gasteiger partial charge in [-0.05, 0) is 57.5 Å². The maximum absolute atomic E-state index is 12.2. The Morgan fingerprint density at radius 1 is 1.15 bits per heavy atom. The molecular weight excluding hydrogens is 252 g/mol. The molecule has 2 aliphatic rings. The van der Waals surface area contributed by atoms with Crippen molar-refractivity contribution in [3.8, 4) is 0 Å². The summed E-state index contributed by atoms with van der Waals surface area (Å²) in [5.41, 5.74) is 0. The third kappa shape index (κ3) is 4.45. The average Bonchev–Trinajstić information content (AvgIpc) is 2.53. The topological polar surface area (TPSA) is 52.6 Å². The Kier molecular flexibility index (Phi) is 6.30. The summed E-state index contributed by atoms with van der Waals surface area (Å²) in [6, 6.07) is -0.0294. The number of rotatable bonds is 5. The highest BCUT2D eigenvalue weighted by Crippen LogP contribution is 2.23. The first-order valence-electron chi connectivity index (χ1n) is 8.33. The molecule has 1 atom stereocenters. The lowest BCUT2D eigenvalue weighted by molar-refractivity contribution is -0.126. The molecule has 116 valence electrons. The maximum Gasteiger partial charge on any atom is 0.237 e. The number of aliphatic hydroxyl groups excluding tert-OH is 1. The summed E-state index contributed by atoms with van der Waals surface area (Å²) >= 11 is 0. The van der Waals surface area contributed by atoms with E-state index >= 15 is 0 Å². The minimum absolute atomic E-state index is 0.0294. The molecule has 1 aliphatic carbocycles. The second kappa shape index (κ2) is 7.99. The number of carbonyl (C=O) groups excluding carboxylic acids is 1. The maximum atomic E-state index is 12.2. The molecule has 20 heavy (non-hydrogen) atoms. The molecule has 2 rings (SSSR count). The molecule has 4 heteroatoms. The van der Waals surface area contributed by atoms with Gasteiger partial charge in [0.25, 0.3) is 0 Å². The molecular formula is C16H30N2O2. The molecule has 2 N–H and O–H groups in total. The Bertz CT molecular complexity index is 295. The van der Waals surface area contributed by atoms with Gasteiger partial charge in [-0.3, -0.25) is 9.69 Å². The Hall–Kier alpha value is -0.610. The first kappa shape index (κ1) is 15.8. The van der Waals surface area contributed by atoms with Crippen molar-refractivity contribution in [1.82, 2.24) is 10.2 Å². The van der Waals surface area contributed by atoms with Crippen LogP contribution in [-0.4, -0.2) is 48.2 Å². The monoisotopic (exact) mass is 282 g/mol. The van der Waals surface area contributed by atoms with Crippen molar-refractivity contribution in [2.24, 2.45) is 11.8 Å². The summed E-state index contributed by atoms with van der Waals surface area (Å²) in [5, 5.41) is 12.3. The summed E-state index contributed by atoms with van der Waals surface area (Å²) < 4.78 is 0. The lowest BCUT2D eigenvalue weighted by Crippen LogP contribution is -2.49. The summed E-state index contributed by atoms with van der Waals surface area (Å²) in [4.78, 5) is 14.5. The molecule has 2 fully saturated rings. The van der Waals surface area contributed by atoms with E-state index in [0.717, 1.165) is 32.5 Å². The molecule has 0 radical (unpaired) electrons. The van der Waals surface area contributed by atoms with Crippen LogP contribution in [0.2, 0.25) is 0 Å². The first-order chi connectivity index (χ1) is 9.70. The normalized spacial score (nSPS) is 24.5. The van der Waals surface area contributed by atoms with Crippen molar-refractivity contribution in [2.75, 3.05) is 26.2 Å². The van der Waals surface area contributed by atoms with E-state index in [1.54, 1.807) is 0 Å². The number of nitrogens with zero attached hydrogens (tertiary/aromatic N) is 1. The zero-order chi connectivity index (χ0) is 14.4. The minimum atomic E-state index is -0.0294. The molecule has 1 heterocycles. The summed E-state index contributed by atoms with van der Waals surface area (Å²) in [6.45, 7) is 5.02. The third-order valence-electron chi connectivity index (χ3n) is 5.12. The SMILES string of the molecule is C[C@@H](C(=O)NCC1CCCCC1)N1CCC(CO)CC1. The first-order valence-corrected chi connectivity index (χ1v) is 8.33. The Balaban J connectivity index is 1.69. The van der Waals surface area contributed by atoms with Gasteiger partial charge in [-0.2, -0.15) is 0 Å². The van der Waals surface area contributed by atoms with Crippen molar-refractivity contribution in [3.05, 3.63) is 0 Å². The Morgan fingerprint density at radius 2 is 1.80 bits per heavy atom. The highest BCUT2D eigenvalue weighted by molar-refractivity contribution is 5.81. The van der Waals surface area contributed by atoms with Crippen LogP contribution in [0.4, 0.5) is 0 Å². The van der Waals surface area contributed by atoms with E-state index in [9.17, 15) is 4.79 Å². The molecule has 0 unspecified atom stereocenters. The number of carbonyl (C=O) groups is 1. The Morgan fingerprint density at radius 3 is 2.40 bits per heavy atom. The third-order valence-corrected chi connectivity index (χ3v) is 5.12. The van der Waals surface area contributed by atoms with E-state index in [1.165, 1.54) is 32.1 Å². The van der Waals surface area contributed by atoms with E-state index in [0.29, 0.717) is 11.8 Å². The average molecular weight is 282 g/mol. The van der Waals surface area contributed by atoms with Gasteiger partial charge in [-0.25, -0.2) is 0 Å². The predicted molar refractivity (Wildman–Crippen MR) is 80.4 cm³/mol. The van der Waals surface area contributed by atoms with Gasteiger partial charge in [0, 0.05) is 13.2 Å². The van der Waals surface area contributed by atoms with Gasteiger partial charge >= 0.3 is 0 Å². The van der Waals surface area contributed by atoms with Crippen LogP contribution in [0.3, 0.4) is 0 Å². The van der Waals surface area contributed by atoms with E-state index < -0.39 is 0 Å². The number of piperidine rings is 1. The van der Waals surface area contributed by atoms with Crippen LogP contribution in [0.1, 0.15) is 51.9 Å². The van der Waals surface area contributed by atoms with Crippen LogP contribution >= 0.6 is 0 Å². The number of amides is 1. The largest absolute Gasteiger partial charge is 0.396 e. The molecule has 0 aromatic heterocycles. The van der Waals surface area contributed by atoms with Crippen molar-refractivity contribution >= 4 is 5.91 Å². The van der Waals surface area contributed by atoms with Gasteiger partial charge in [-0.1, -0.05) is 19.3 Å². The van der Waals surface area contributed by atoms with Crippen LogP contribution in [0.25, 0.3) is 0 Å². The molecule has 1 amide bonds. The zero-order valence-corrected chi connectivity index (χ0v) is 12.8. The number of hydrogen-bond acceptors (Lipinski definition) is 3. The molecule has 1 aliphatic heterocycles. The van der Waals surface area contributed by atoms with Crippen LogP contribution in [-0.2, 0) is 4.79 Å². The van der Waals surface area contributed by atoms with Crippen LogP contribution in [0.5, 0.6) is 0 Å². The molecule has 1 saturated carbocycles. The van der Waals surface area contributed by atoms with Crippen molar-refractivity contribution in [1.29, 1.82) is 0 Å². The second-order valence-electron chi connectivity index (χ2n) is 6.59. The fraction of sp³-hybridized carbons (Fsp3) is 0.938. The molecule has 0 aromatic carbocycles. The second-order valence-corrected chi connectivity index (χ2v) is 6.59. The van der Waals surface area contributed by atoms with Crippen LogP contribution in [0.15, 0.2) is 0 Å². The van der Waals surface area contributed by atoms with E-state index in [2.05, 4.69) is 10.2 Å². The highest BCUT2D eigenvalue weighted by Gasteiger charge is 2.26. The van der Waals surface area contributed by atoms with Crippen LogP contribution < -0.4 is 5.32 Å². The fourth-order valence-corrected chi connectivity index (χ4v) is 3.47. The number of nitrogens with one attached hydrogen (secondary N) is 1. The number of aliphatic hydroxyl groups is 1. The molecule has 0 bridgehead atoms. The van der Waals surface area contributed by atoms with Gasteiger partial charge in [-0.15, -0.1) is 0 Å². The van der Waals surface area contributed by atoms with Crippen molar-refractivity contribution < 1.29 is 9.90 Å². The predicted octanol–water partition coefficient (Wildman–Crippen LogP) is 1.78.